The van der Waals surface area contributed by atoms with Crippen LogP contribution in [0.4, 0.5) is 5.95 Å². The van der Waals surface area contributed by atoms with Gasteiger partial charge in [-0.2, -0.15) is 15.3 Å². The highest BCUT2D eigenvalue weighted by molar-refractivity contribution is 9.10. The molecule has 1 aromatic carbocycles. The number of rotatable bonds is 6. The number of benzene rings is 1. The summed E-state index contributed by atoms with van der Waals surface area (Å²) in [6, 6.07) is 7.60. The van der Waals surface area contributed by atoms with E-state index in [-0.39, 0.29) is 6.04 Å². The normalized spacial score (nSPS) is 18.1. The van der Waals surface area contributed by atoms with Crippen LogP contribution < -0.4 is 10.0 Å². The molecule has 0 radical (unpaired) electrons. The van der Waals surface area contributed by atoms with Gasteiger partial charge in [0.15, 0.2) is 5.65 Å². The van der Waals surface area contributed by atoms with E-state index in [2.05, 4.69) is 57.3 Å². The maximum absolute atomic E-state index is 12.1. The van der Waals surface area contributed by atoms with Crippen molar-refractivity contribution in [1.82, 2.24) is 34.7 Å². The first kappa shape index (κ1) is 23.7. The number of halogens is 1. The van der Waals surface area contributed by atoms with E-state index in [0.29, 0.717) is 62.7 Å². The van der Waals surface area contributed by atoms with Gasteiger partial charge in [-0.3, -0.25) is 0 Å². The van der Waals surface area contributed by atoms with Crippen molar-refractivity contribution < 1.29 is 8.42 Å². The second kappa shape index (κ2) is 9.23. The average Bonchev–Trinajstić information content (AvgIpc) is 3.58. The maximum Gasteiger partial charge on any atom is 0.224 e. The monoisotopic (exact) mass is 573 g/mol. The Kier molecular flexibility index (Phi) is 6.26. The zero-order chi connectivity index (χ0) is 24.7. The summed E-state index contributed by atoms with van der Waals surface area (Å²) in [5.74, 6) is 0.389. The number of hydrogen-bond donors (Lipinski definition) is 2. The Morgan fingerprint density at radius 2 is 2.11 bits per heavy atom. The fourth-order valence-corrected chi connectivity index (χ4v) is 6.60. The molecule has 35 heavy (non-hydrogen) atoms. The Labute approximate surface area is 213 Å². The number of nitrogens with one attached hydrogen (secondary N) is 2. The zero-order valence-electron chi connectivity index (χ0n) is 18.7. The minimum absolute atomic E-state index is 0.0553. The molecule has 0 saturated heterocycles. The van der Waals surface area contributed by atoms with Crippen LogP contribution in [0.2, 0.25) is 0 Å². The Morgan fingerprint density at radius 3 is 2.83 bits per heavy atom. The topological polar surface area (TPSA) is 151 Å². The molecule has 1 unspecified atom stereocenters. The van der Waals surface area contributed by atoms with Crippen LogP contribution in [0.1, 0.15) is 29.8 Å². The number of anilines is 1. The molecule has 0 aliphatic heterocycles. The van der Waals surface area contributed by atoms with Gasteiger partial charge in [-0.25, -0.2) is 22.8 Å². The van der Waals surface area contributed by atoms with Crippen LogP contribution in [0.3, 0.4) is 0 Å². The fourth-order valence-electron chi connectivity index (χ4n) is 4.17. The van der Waals surface area contributed by atoms with Gasteiger partial charge in [-0.05, 0) is 67.4 Å². The van der Waals surface area contributed by atoms with Crippen molar-refractivity contribution in [2.24, 2.45) is 0 Å². The van der Waals surface area contributed by atoms with Gasteiger partial charge in [0.2, 0.25) is 16.0 Å². The van der Waals surface area contributed by atoms with Crippen molar-refractivity contribution in [2.75, 3.05) is 12.4 Å². The summed E-state index contributed by atoms with van der Waals surface area (Å²) in [7, 11) is -1.88. The van der Waals surface area contributed by atoms with Gasteiger partial charge in [0.1, 0.15) is 14.6 Å². The first-order valence-electron chi connectivity index (χ1n) is 10.7. The molecular weight excluding hydrogens is 554 g/mol. The molecule has 2 atom stereocenters. The van der Waals surface area contributed by atoms with E-state index in [4.69, 9.17) is 0 Å². The van der Waals surface area contributed by atoms with Crippen molar-refractivity contribution in [2.45, 2.75) is 37.5 Å². The van der Waals surface area contributed by atoms with E-state index >= 15 is 0 Å². The van der Waals surface area contributed by atoms with Crippen LogP contribution in [0.5, 0.6) is 0 Å². The van der Waals surface area contributed by atoms with Crippen LogP contribution in [-0.4, -0.2) is 56.7 Å². The van der Waals surface area contributed by atoms with Crippen LogP contribution in [0.25, 0.3) is 27.3 Å². The lowest BCUT2D eigenvalue weighted by Crippen LogP contribution is -2.31. The van der Waals surface area contributed by atoms with Crippen LogP contribution >= 0.6 is 27.3 Å². The molecule has 1 saturated carbocycles. The fraction of sp³-hybridized carbons (Fsp3) is 0.333. The van der Waals surface area contributed by atoms with Crippen LogP contribution in [0, 0.1) is 18.3 Å². The molecule has 3 heterocycles. The van der Waals surface area contributed by atoms with Crippen LogP contribution in [-0.2, 0) is 10.0 Å². The Morgan fingerprint density at radius 1 is 1.29 bits per heavy atom. The summed E-state index contributed by atoms with van der Waals surface area (Å²) < 4.78 is 28.9. The Balaban J connectivity index is 1.47. The number of nitriles is 1. The third-order valence-electron chi connectivity index (χ3n) is 5.95. The average molecular weight is 574 g/mol. The van der Waals surface area contributed by atoms with Gasteiger partial charge in [-0.15, -0.1) is 10.2 Å². The number of aryl methyl sites for hydroxylation is 1. The molecule has 1 aliphatic rings. The highest BCUT2D eigenvalue weighted by atomic mass is 79.9. The molecule has 3 aromatic heterocycles. The summed E-state index contributed by atoms with van der Waals surface area (Å²) in [4.78, 5) is 9.06. The minimum atomic E-state index is -3.31. The molecule has 4 aromatic rings. The van der Waals surface area contributed by atoms with Crippen molar-refractivity contribution in [3.63, 3.8) is 0 Å². The lowest BCUT2D eigenvalue weighted by molar-refractivity contribution is 0.570. The van der Waals surface area contributed by atoms with Crippen LogP contribution in [0.15, 0.2) is 29.0 Å². The second-order valence-electron chi connectivity index (χ2n) is 8.13. The predicted molar refractivity (Wildman–Crippen MR) is 136 cm³/mol. The first-order valence-corrected chi connectivity index (χ1v) is 13.9. The largest absolute Gasteiger partial charge is 0.351 e. The van der Waals surface area contributed by atoms with E-state index in [1.165, 1.54) is 18.4 Å². The molecule has 180 valence electrons. The SMILES string of the molecule is CNS(=O)(=O)C1CC[C@@H](Nc2ncc3c(Br)nn(-c4ccc(-c5nnc(C)s5)c(C#N)c4)c3n2)C1. The lowest BCUT2D eigenvalue weighted by atomic mass is 10.1. The first-order chi connectivity index (χ1) is 16.8. The van der Waals surface area contributed by atoms with Crippen molar-refractivity contribution in [1.29, 1.82) is 5.26 Å². The number of sulfonamides is 1. The molecule has 5 rings (SSSR count). The van der Waals surface area contributed by atoms with Gasteiger partial charge in [0, 0.05) is 17.8 Å². The molecular formula is C21H20BrN9O2S2. The molecule has 0 bridgehead atoms. The summed E-state index contributed by atoms with van der Waals surface area (Å²) in [6.07, 6.45) is 3.42. The van der Waals surface area contributed by atoms with Gasteiger partial charge in [0.25, 0.3) is 0 Å². The van der Waals surface area contributed by atoms with Crippen molar-refractivity contribution in [3.05, 3.63) is 39.6 Å². The number of nitrogens with zero attached hydrogens (tertiary/aromatic N) is 7. The number of aromatic nitrogens is 6. The summed E-state index contributed by atoms with van der Waals surface area (Å²) in [5, 5.41) is 27.6. The molecule has 14 heteroatoms. The maximum atomic E-state index is 12.1. The molecule has 1 fully saturated rings. The highest BCUT2D eigenvalue weighted by Crippen LogP contribution is 2.31. The molecule has 0 amide bonds. The van der Waals surface area contributed by atoms with Gasteiger partial charge >= 0.3 is 0 Å². The molecule has 11 nitrogen and oxygen atoms in total. The van der Waals surface area contributed by atoms with E-state index in [9.17, 15) is 13.7 Å². The smallest absolute Gasteiger partial charge is 0.224 e. The Bertz CT molecular complexity index is 1580. The molecule has 2 N–H and O–H groups in total. The van der Waals surface area contributed by atoms with E-state index < -0.39 is 15.3 Å². The third kappa shape index (κ3) is 4.52. The standard InChI is InChI=1S/C21H20BrN9O2S2/c1-11-28-29-20(34-11)16-6-4-14(7-12(16)9-23)31-19-17(18(22)30-31)10-25-21(27-19)26-13-3-5-15(8-13)35(32,33)24-2/h4,6-7,10,13,15,24H,3,5,8H2,1-2H3,(H,25,26,27)/t13-,15?/m1/s1. The summed E-state index contributed by atoms with van der Waals surface area (Å²) in [5.41, 5.74) is 2.37. The highest BCUT2D eigenvalue weighted by Gasteiger charge is 2.33. The zero-order valence-corrected chi connectivity index (χ0v) is 21.9. The minimum Gasteiger partial charge on any atom is -0.351 e. The lowest BCUT2D eigenvalue weighted by Gasteiger charge is -2.13. The number of hydrogen-bond acceptors (Lipinski definition) is 10. The quantitative estimate of drug-likeness (QED) is 0.354. The van der Waals surface area contributed by atoms with Gasteiger partial charge in [-0.1, -0.05) is 11.3 Å². The van der Waals surface area contributed by atoms with Gasteiger partial charge in [0.05, 0.1) is 28.0 Å². The van der Waals surface area contributed by atoms with Gasteiger partial charge < -0.3 is 5.32 Å². The second-order valence-corrected chi connectivity index (χ2v) is 12.2. The third-order valence-corrected chi connectivity index (χ3v) is 9.28. The van der Waals surface area contributed by atoms with Crippen molar-refractivity contribution in [3.8, 4) is 22.3 Å². The van der Waals surface area contributed by atoms with Crippen molar-refractivity contribution >= 4 is 54.3 Å². The Hall–Kier alpha value is -2.99. The van der Waals surface area contributed by atoms with E-state index in [1.54, 1.807) is 16.9 Å². The summed E-state index contributed by atoms with van der Waals surface area (Å²) >= 11 is 4.89. The van der Waals surface area contributed by atoms with E-state index in [1.807, 2.05) is 19.1 Å². The predicted octanol–water partition coefficient (Wildman–Crippen LogP) is 3.16. The van der Waals surface area contributed by atoms with E-state index in [0.717, 1.165) is 5.01 Å². The molecule has 1 aliphatic carbocycles. The summed E-state index contributed by atoms with van der Waals surface area (Å²) in [6.45, 7) is 1.87. The molecule has 0 spiro atoms. The number of fused-ring (bicyclic) bond motifs is 1.